The lowest BCUT2D eigenvalue weighted by Crippen LogP contribution is -2.34. The van der Waals surface area contributed by atoms with E-state index in [0.717, 1.165) is 17.5 Å². The third kappa shape index (κ3) is 2.24. The molecule has 2 fully saturated rings. The summed E-state index contributed by atoms with van der Waals surface area (Å²) in [4.78, 5) is 0.397. The van der Waals surface area contributed by atoms with Crippen LogP contribution >= 0.6 is 0 Å². The van der Waals surface area contributed by atoms with Crippen molar-refractivity contribution in [2.24, 2.45) is 11.3 Å². The summed E-state index contributed by atoms with van der Waals surface area (Å²) in [6, 6.07) is 17.2. The Morgan fingerprint density at radius 2 is 1.70 bits per heavy atom. The van der Waals surface area contributed by atoms with Crippen LogP contribution in [-0.2, 0) is 10.0 Å². The lowest BCUT2D eigenvalue weighted by atomic mass is 9.93. The number of rotatable bonds is 3. The standard InChI is InChI=1S/C19H21NO2S/c1-14-8-10-17(11-9-14)23(21,22)20-13-16-12-19(16,2)18(20)15-6-4-3-5-7-15/h3-11,16,18H,12-13H2,1-2H3. The maximum absolute atomic E-state index is 13.2. The number of benzene rings is 2. The van der Waals surface area contributed by atoms with Crippen LogP contribution in [0.25, 0.3) is 0 Å². The number of sulfonamides is 1. The van der Waals surface area contributed by atoms with E-state index in [1.165, 1.54) is 0 Å². The van der Waals surface area contributed by atoms with Gasteiger partial charge < -0.3 is 0 Å². The largest absolute Gasteiger partial charge is 0.243 e. The van der Waals surface area contributed by atoms with E-state index in [9.17, 15) is 8.42 Å². The first-order valence-electron chi connectivity index (χ1n) is 8.06. The molecule has 3 atom stereocenters. The normalized spacial score (nSPS) is 30.2. The van der Waals surface area contributed by atoms with Gasteiger partial charge in [-0.2, -0.15) is 4.31 Å². The van der Waals surface area contributed by atoms with Crippen LogP contribution in [0.15, 0.2) is 59.5 Å². The van der Waals surface area contributed by atoms with E-state index >= 15 is 0 Å². The molecule has 0 spiro atoms. The number of hydrogen-bond donors (Lipinski definition) is 0. The van der Waals surface area contributed by atoms with Crippen LogP contribution in [0.3, 0.4) is 0 Å². The highest BCUT2D eigenvalue weighted by Gasteiger charge is 2.65. The molecule has 0 radical (unpaired) electrons. The second-order valence-corrected chi connectivity index (χ2v) is 9.00. The maximum atomic E-state index is 13.2. The third-order valence-corrected chi connectivity index (χ3v) is 7.36. The van der Waals surface area contributed by atoms with E-state index in [-0.39, 0.29) is 11.5 Å². The van der Waals surface area contributed by atoms with Crippen LogP contribution in [0.4, 0.5) is 0 Å². The van der Waals surface area contributed by atoms with Gasteiger partial charge in [-0.3, -0.25) is 0 Å². The Labute approximate surface area is 138 Å². The molecule has 3 unspecified atom stereocenters. The molecule has 0 N–H and O–H groups in total. The van der Waals surface area contributed by atoms with E-state index in [0.29, 0.717) is 17.4 Å². The van der Waals surface area contributed by atoms with Crippen LogP contribution < -0.4 is 0 Å². The van der Waals surface area contributed by atoms with Crippen molar-refractivity contribution in [3.63, 3.8) is 0 Å². The molecule has 2 aliphatic rings. The van der Waals surface area contributed by atoms with Gasteiger partial charge in [0.25, 0.3) is 0 Å². The molecule has 3 nitrogen and oxygen atoms in total. The van der Waals surface area contributed by atoms with E-state index in [1.807, 2.05) is 49.4 Å². The Kier molecular flexibility index (Phi) is 3.19. The number of aryl methyl sites for hydroxylation is 1. The Morgan fingerprint density at radius 1 is 1.04 bits per heavy atom. The minimum Gasteiger partial charge on any atom is -0.207 e. The number of nitrogens with zero attached hydrogens (tertiary/aromatic N) is 1. The van der Waals surface area contributed by atoms with Crippen LogP contribution in [0.2, 0.25) is 0 Å². The molecule has 4 heteroatoms. The van der Waals surface area contributed by atoms with Crippen molar-refractivity contribution in [3.05, 3.63) is 65.7 Å². The molecule has 1 aliphatic carbocycles. The summed E-state index contributed by atoms with van der Waals surface area (Å²) >= 11 is 0. The van der Waals surface area contributed by atoms with Gasteiger partial charge in [-0.25, -0.2) is 8.42 Å². The molecule has 4 rings (SSSR count). The quantitative estimate of drug-likeness (QED) is 0.860. The van der Waals surface area contributed by atoms with Gasteiger partial charge in [0.1, 0.15) is 0 Å². The molecule has 120 valence electrons. The van der Waals surface area contributed by atoms with Crippen molar-refractivity contribution in [2.75, 3.05) is 6.54 Å². The van der Waals surface area contributed by atoms with Crippen molar-refractivity contribution in [1.29, 1.82) is 0 Å². The Bertz CT molecular complexity index is 829. The van der Waals surface area contributed by atoms with Crippen molar-refractivity contribution in [2.45, 2.75) is 31.2 Å². The van der Waals surface area contributed by atoms with E-state index < -0.39 is 10.0 Å². The number of hydrogen-bond acceptors (Lipinski definition) is 2. The molecule has 23 heavy (non-hydrogen) atoms. The first-order valence-corrected chi connectivity index (χ1v) is 9.50. The predicted molar refractivity (Wildman–Crippen MR) is 90.5 cm³/mol. The molecule has 0 aromatic heterocycles. The zero-order valence-electron chi connectivity index (χ0n) is 13.4. The van der Waals surface area contributed by atoms with Gasteiger partial charge in [-0.1, -0.05) is 55.0 Å². The summed E-state index contributed by atoms with van der Waals surface area (Å²) in [6.45, 7) is 4.82. The number of fused-ring (bicyclic) bond motifs is 1. The third-order valence-electron chi connectivity index (χ3n) is 5.51. The molecule has 1 saturated carbocycles. The summed E-state index contributed by atoms with van der Waals surface area (Å²) in [5.74, 6) is 0.480. The topological polar surface area (TPSA) is 37.4 Å². The van der Waals surface area contributed by atoms with E-state index in [1.54, 1.807) is 16.4 Å². The minimum absolute atomic E-state index is 0.0556. The highest BCUT2D eigenvalue weighted by Crippen LogP contribution is 2.67. The van der Waals surface area contributed by atoms with Crippen LogP contribution in [-0.4, -0.2) is 19.3 Å². The zero-order chi connectivity index (χ0) is 16.2. The smallest absolute Gasteiger partial charge is 0.207 e. The predicted octanol–water partition coefficient (Wildman–Crippen LogP) is 3.77. The van der Waals surface area contributed by atoms with Gasteiger partial charge >= 0.3 is 0 Å². The fourth-order valence-electron chi connectivity index (χ4n) is 4.00. The molecule has 2 aromatic carbocycles. The first kappa shape index (κ1) is 14.9. The maximum Gasteiger partial charge on any atom is 0.243 e. The van der Waals surface area contributed by atoms with Gasteiger partial charge in [0, 0.05) is 6.54 Å². The highest BCUT2D eigenvalue weighted by molar-refractivity contribution is 7.89. The summed E-state index contributed by atoms with van der Waals surface area (Å²) in [6.07, 6.45) is 1.12. The SMILES string of the molecule is Cc1ccc(S(=O)(=O)N2CC3CC3(C)C2c2ccccc2)cc1. The molecule has 1 aliphatic heterocycles. The second kappa shape index (κ2) is 4.92. The first-order chi connectivity index (χ1) is 10.9. The second-order valence-electron chi connectivity index (χ2n) is 7.11. The lowest BCUT2D eigenvalue weighted by Gasteiger charge is -2.30. The van der Waals surface area contributed by atoms with Crippen molar-refractivity contribution >= 4 is 10.0 Å². The minimum atomic E-state index is -3.46. The van der Waals surface area contributed by atoms with Gasteiger partial charge in [0.15, 0.2) is 0 Å². The van der Waals surface area contributed by atoms with Crippen molar-refractivity contribution < 1.29 is 8.42 Å². The fourth-order valence-corrected chi connectivity index (χ4v) is 5.76. The molecule has 0 amide bonds. The highest BCUT2D eigenvalue weighted by atomic mass is 32.2. The van der Waals surface area contributed by atoms with E-state index in [2.05, 4.69) is 6.92 Å². The summed E-state index contributed by atoms with van der Waals surface area (Å²) in [7, 11) is -3.46. The van der Waals surface area contributed by atoms with Crippen LogP contribution in [0.1, 0.15) is 30.5 Å². The van der Waals surface area contributed by atoms with Crippen LogP contribution in [0, 0.1) is 18.3 Å². The average Bonchev–Trinajstić information content (AvgIpc) is 3.09. The van der Waals surface area contributed by atoms with Crippen molar-refractivity contribution in [1.82, 2.24) is 4.31 Å². The molecule has 0 bridgehead atoms. The Balaban J connectivity index is 1.77. The zero-order valence-corrected chi connectivity index (χ0v) is 14.3. The Morgan fingerprint density at radius 3 is 2.35 bits per heavy atom. The lowest BCUT2D eigenvalue weighted by molar-refractivity contribution is 0.300. The summed E-state index contributed by atoms with van der Waals surface area (Å²) in [5.41, 5.74) is 2.25. The van der Waals surface area contributed by atoms with Gasteiger partial charge in [-0.15, -0.1) is 0 Å². The molecule has 1 heterocycles. The summed E-state index contributed by atoms with van der Waals surface area (Å²) < 4.78 is 28.1. The molecular formula is C19H21NO2S. The van der Waals surface area contributed by atoms with Crippen LogP contribution in [0.5, 0.6) is 0 Å². The monoisotopic (exact) mass is 327 g/mol. The van der Waals surface area contributed by atoms with Gasteiger partial charge in [0.05, 0.1) is 10.9 Å². The fraction of sp³-hybridized carbons (Fsp3) is 0.368. The summed E-state index contributed by atoms with van der Waals surface area (Å²) in [5, 5.41) is 0. The molecular weight excluding hydrogens is 306 g/mol. The molecule has 1 saturated heterocycles. The average molecular weight is 327 g/mol. The van der Waals surface area contributed by atoms with Gasteiger partial charge in [-0.05, 0) is 42.4 Å². The number of piperidine rings is 1. The molecule has 2 aromatic rings. The van der Waals surface area contributed by atoms with E-state index in [4.69, 9.17) is 0 Å². The Hall–Kier alpha value is -1.65. The van der Waals surface area contributed by atoms with Gasteiger partial charge in [0.2, 0.25) is 10.0 Å². The van der Waals surface area contributed by atoms with Crippen molar-refractivity contribution in [3.8, 4) is 0 Å².